The van der Waals surface area contributed by atoms with Crippen LogP contribution in [-0.2, 0) is 6.54 Å². The first-order valence-corrected chi connectivity index (χ1v) is 7.93. The van der Waals surface area contributed by atoms with E-state index in [-0.39, 0.29) is 0 Å². The van der Waals surface area contributed by atoms with Gasteiger partial charge in [-0.3, -0.25) is 4.90 Å². The Morgan fingerprint density at radius 1 is 1.00 bits per heavy atom. The van der Waals surface area contributed by atoms with Gasteiger partial charge in [0.25, 0.3) is 0 Å². The van der Waals surface area contributed by atoms with E-state index >= 15 is 0 Å². The van der Waals surface area contributed by atoms with Crippen molar-refractivity contribution in [1.82, 2.24) is 4.90 Å². The number of piperidine rings is 1. The lowest BCUT2D eigenvalue weighted by Gasteiger charge is -2.27. The molecule has 0 saturated carbocycles. The zero-order valence-corrected chi connectivity index (χ0v) is 13.0. The molecule has 0 bridgehead atoms. The van der Waals surface area contributed by atoms with E-state index in [2.05, 4.69) is 58.1 Å². The van der Waals surface area contributed by atoms with Crippen molar-refractivity contribution in [2.24, 2.45) is 0 Å². The van der Waals surface area contributed by atoms with Crippen molar-refractivity contribution in [2.75, 3.05) is 13.1 Å². The van der Waals surface area contributed by atoms with E-state index in [1.165, 1.54) is 54.3 Å². The molecular formula is C17H20BrN. The highest BCUT2D eigenvalue weighted by molar-refractivity contribution is 9.10. The van der Waals surface area contributed by atoms with Gasteiger partial charge in [0.2, 0.25) is 0 Å². The SMILES string of the molecule is Cc1cc2cc(Br)ccc2cc1CN1CCCCC1. The molecule has 1 saturated heterocycles. The van der Waals surface area contributed by atoms with Crippen molar-refractivity contribution in [2.45, 2.75) is 32.7 Å². The van der Waals surface area contributed by atoms with Gasteiger partial charge in [-0.15, -0.1) is 0 Å². The lowest BCUT2D eigenvalue weighted by molar-refractivity contribution is 0.220. The largest absolute Gasteiger partial charge is 0.299 e. The van der Waals surface area contributed by atoms with Crippen LogP contribution in [-0.4, -0.2) is 18.0 Å². The van der Waals surface area contributed by atoms with E-state index in [1.54, 1.807) is 0 Å². The highest BCUT2D eigenvalue weighted by Crippen LogP contribution is 2.25. The van der Waals surface area contributed by atoms with Gasteiger partial charge in [0.05, 0.1) is 0 Å². The first-order chi connectivity index (χ1) is 9.22. The molecule has 0 spiro atoms. The summed E-state index contributed by atoms with van der Waals surface area (Å²) in [6, 6.07) is 11.2. The summed E-state index contributed by atoms with van der Waals surface area (Å²) in [6.45, 7) is 5.87. The van der Waals surface area contributed by atoms with Crippen LogP contribution in [0.4, 0.5) is 0 Å². The zero-order chi connectivity index (χ0) is 13.2. The van der Waals surface area contributed by atoms with Crippen LogP contribution in [0.15, 0.2) is 34.8 Å². The second kappa shape index (κ2) is 5.64. The van der Waals surface area contributed by atoms with Crippen molar-refractivity contribution in [3.8, 4) is 0 Å². The molecule has 0 radical (unpaired) electrons. The fraction of sp³-hybridized carbons (Fsp3) is 0.412. The maximum atomic E-state index is 3.55. The van der Waals surface area contributed by atoms with E-state index in [4.69, 9.17) is 0 Å². The van der Waals surface area contributed by atoms with Crippen LogP contribution in [0.1, 0.15) is 30.4 Å². The molecule has 1 heterocycles. The van der Waals surface area contributed by atoms with E-state index in [9.17, 15) is 0 Å². The Balaban J connectivity index is 1.90. The average molecular weight is 318 g/mol. The Bertz CT molecular complexity index is 585. The normalized spacial score (nSPS) is 16.9. The Kier molecular flexibility index (Phi) is 3.90. The number of nitrogens with zero attached hydrogens (tertiary/aromatic N) is 1. The third kappa shape index (κ3) is 3.01. The topological polar surface area (TPSA) is 3.24 Å². The minimum atomic E-state index is 1.11. The molecule has 100 valence electrons. The summed E-state index contributed by atoms with van der Waals surface area (Å²) in [5.74, 6) is 0. The second-order valence-electron chi connectivity index (χ2n) is 5.61. The fourth-order valence-corrected chi connectivity index (χ4v) is 3.34. The summed E-state index contributed by atoms with van der Waals surface area (Å²) in [6.07, 6.45) is 4.13. The molecule has 1 aliphatic rings. The molecule has 0 aliphatic carbocycles. The molecule has 0 amide bonds. The smallest absolute Gasteiger partial charge is 0.0236 e. The molecule has 3 rings (SSSR count). The minimum Gasteiger partial charge on any atom is -0.299 e. The first-order valence-electron chi connectivity index (χ1n) is 7.13. The average Bonchev–Trinajstić information content (AvgIpc) is 2.41. The molecule has 0 aromatic heterocycles. The number of likely N-dealkylation sites (tertiary alicyclic amines) is 1. The quantitative estimate of drug-likeness (QED) is 0.761. The third-order valence-corrected chi connectivity index (χ3v) is 4.59. The van der Waals surface area contributed by atoms with E-state index in [1.807, 2.05) is 0 Å². The van der Waals surface area contributed by atoms with E-state index in [0.717, 1.165) is 11.0 Å². The van der Waals surface area contributed by atoms with Gasteiger partial charge in [0.1, 0.15) is 0 Å². The van der Waals surface area contributed by atoms with Crippen molar-refractivity contribution >= 4 is 26.7 Å². The Morgan fingerprint density at radius 3 is 2.58 bits per heavy atom. The van der Waals surface area contributed by atoms with Crippen molar-refractivity contribution in [3.63, 3.8) is 0 Å². The van der Waals surface area contributed by atoms with Crippen LogP contribution in [0.5, 0.6) is 0 Å². The maximum Gasteiger partial charge on any atom is 0.0236 e. The van der Waals surface area contributed by atoms with Gasteiger partial charge in [-0.05, 0) is 73.0 Å². The predicted molar refractivity (Wildman–Crippen MR) is 85.5 cm³/mol. The molecule has 1 nitrogen and oxygen atoms in total. The number of halogens is 1. The Morgan fingerprint density at radius 2 is 1.79 bits per heavy atom. The number of benzene rings is 2. The number of hydrogen-bond acceptors (Lipinski definition) is 1. The summed E-state index contributed by atoms with van der Waals surface area (Å²) in [5, 5.41) is 2.68. The van der Waals surface area contributed by atoms with Gasteiger partial charge >= 0.3 is 0 Å². The minimum absolute atomic E-state index is 1.11. The summed E-state index contributed by atoms with van der Waals surface area (Å²) >= 11 is 3.55. The fourth-order valence-electron chi connectivity index (χ4n) is 2.96. The number of fused-ring (bicyclic) bond motifs is 1. The summed E-state index contributed by atoms with van der Waals surface area (Å²) in [4.78, 5) is 2.59. The standard InChI is InChI=1S/C17H20BrN/c1-13-9-15-11-17(18)6-5-14(15)10-16(13)12-19-7-3-2-4-8-19/h5-6,9-11H,2-4,7-8,12H2,1H3. The first kappa shape index (κ1) is 13.1. The zero-order valence-electron chi connectivity index (χ0n) is 11.5. The highest BCUT2D eigenvalue weighted by Gasteiger charge is 2.12. The molecule has 2 aromatic rings. The summed E-state index contributed by atoms with van der Waals surface area (Å²) < 4.78 is 1.16. The molecular weight excluding hydrogens is 298 g/mol. The van der Waals surface area contributed by atoms with Crippen LogP contribution >= 0.6 is 15.9 Å². The second-order valence-corrected chi connectivity index (χ2v) is 6.52. The Hall–Kier alpha value is -0.860. The van der Waals surface area contributed by atoms with Crippen LogP contribution in [0.25, 0.3) is 10.8 Å². The predicted octanol–water partition coefficient (Wildman–Crippen LogP) is 4.90. The molecule has 1 fully saturated rings. The maximum absolute atomic E-state index is 3.55. The number of rotatable bonds is 2. The molecule has 19 heavy (non-hydrogen) atoms. The van der Waals surface area contributed by atoms with Crippen molar-refractivity contribution < 1.29 is 0 Å². The summed E-state index contributed by atoms with van der Waals surface area (Å²) in [7, 11) is 0. The number of aryl methyl sites for hydroxylation is 1. The number of hydrogen-bond donors (Lipinski definition) is 0. The van der Waals surface area contributed by atoms with Gasteiger partial charge < -0.3 is 0 Å². The van der Waals surface area contributed by atoms with Crippen LogP contribution in [0.3, 0.4) is 0 Å². The monoisotopic (exact) mass is 317 g/mol. The van der Waals surface area contributed by atoms with Crippen LogP contribution < -0.4 is 0 Å². The lowest BCUT2D eigenvalue weighted by atomic mass is 10.0. The molecule has 2 heteroatoms. The van der Waals surface area contributed by atoms with Gasteiger partial charge in [-0.2, -0.15) is 0 Å². The van der Waals surface area contributed by atoms with Crippen LogP contribution in [0, 0.1) is 6.92 Å². The molecule has 0 atom stereocenters. The van der Waals surface area contributed by atoms with Gasteiger partial charge in [0.15, 0.2) is 0 Å². The molecule has 1 aliphatic heterocycles. The van der Waals surface area contributed by atoms with Gasteiger partial charge in [-0.25, -0.2) is 0 Å². The molecule has 0 unspecified atom stereocenters. The van der Waals surface area contributed by atoms with Crippen LogP contribution in [0.2, 0.25) is 0 Å². The highest BCUT2D eigenvalue weighted by atomic mass is 79.9. The van der Waals surface area contributed by atoms with Crippen molar-refractivity contribution in [1.29, 1.82) is 0 Å². The summed E-state index contributed by atoms with van der Waals surface area (Å²) in [5.41, 5.74) is 2.90. The molecule has 2 aromatic carbocycles. The van der Waals surface area contributed by atoms with Gasteiger partial charge in [-0.1, -0.05) is 34.5 Å². The van der Waals surface area contributed by atoms with Gasteiger partial charge in [0, 0.05) is 11.0 Å². The molecule has 0 N–H and O–H groups in total. The van der Waals surface area contributed by atoms with Crippen molar-refractivity contribution in [3.05, 3.63) is 45.9 Å². The van der Waals surface area contributed by atoms with E-state index < -0.39 is 0 Å². The van der Waals surface area contributed by atoms with E-state index in [0.29, 0.717) is 0 Å². The lowest BCUT2D eigenvalue weighted by Crippen LogP contribution is -2.29. The third-order valence-electron chi connectivity index (χ3n) is 4.10. The Labute approximate surface area is 123 Å².